The molecule has 180 valence electrons. The second-order valence-electron chi connectivity index (χ2n) is 9.27. The quantitative estimate of drug-likeness (QED) is 0.562. The first-order valence-electron chi connectivity index (χ1n) is 12.3. The second-order valence-corrected chi connectivity index (χ2v) is 9.27. The van der Waals surface area contributed by atoms with Gasteiger partial charge < -0.3 is 24.4 Å². The van der Waals surface area contributed by atoms with Crippen LogP contribution >= 0.6 is 0 Å². The van der Waals surface area contributed by atoms with Crippen LogP contribution in [-0.2, 0) is 17.6 Å². The van der Waals surface area contributed by atoms with Crippen LogP contribution in [0.1, 0.15) is 23.1 Å². The lowest BCUT2D eigenvalue weighted by Gasteiger charge is -2.24. The number of fused-ring (bicyclic) bond motifs is 4. The van der Waals surface area contributed by atoms with Crippen molar-refractivity contribution in [1.82, 2.24) is 14.9 Å². The summed E-state index contributed by atoms with van der Waals surface area (Å²) in [5.41, 5.74) is 7.90. The van der Waals surface area contributed by atoms with Crippen LogP contribution in [0.2, 0.25) is 0 Å². The number of ether oxygens (including phenoxy) is 3. The second kappa shape index (κ2) is 9.68. The van der Waals surface area contributed by atoms with Gasteiger partial charge in [0.15, 0.2) is 0 Å². The van der Waals surface area contributed by atoms with Crippen molar-refractivity contribution in [3.8, 4) is 22.8 Å². The van der Waals surface area contributed by atoms with Gasteiger partial charge in [-0.25, -0.2) is 9.97 Å². The predicted molar refractivity (Wildman–Crippen MR) is 137 cm³/mol. The van der Waals surface area contributed by atoms with Gasteiger partial charge in [-0.1, -0.05) is 12.1 Å². The van der Waals surface area contributed by atoms with E-state index >= 15 is 0 Å². The van der Waals surface area contributed by atoms with Gasteiger partial charge in [0.2, 0.25) is 5.95 Å². The summed E-state index contributed by atoms with van der Waals surface area (Å²) in [5, 5.41) is 3.40. The summed E-state index contributed by atoms with van der Waals surface area (Å²) in [6.45, 7) is 3.96. The SMILES string of the molecule is CN1CC=C(c2ccc3cc2OCCOCCOc2ccc4c(c2)-c2nc(ncc2CC4)N3)CC1. The summed E-state index contributed by atoms with van der Waals surface area (Å²) in [4.78, 5) is 11.8. The van der Waals surface area contributed by atoms with Gasteiger partial charge in [-0.3, -0.25) is 0 Å². The van der Waals surface area contributed by atoms with Crippen molar-refractivity contribution in [1.29, 1.82) is 0 Å². The first-order chi connectivity index (χ1) is 17.2. The molecule has 0 atom stereocenters. The van der Waals surface area contributed by atoms with E-state index < -0.39 is 0 Å². The Kier molecular flexibility index (Phi) is 6.10. The molecule has 7 nitrogen and oxygen atoms in total. The highest BCUT2D eigenvalue weighted by atomic mass is 16.5. The van der Waals surface area contributed by atoms with E-state index in [1.165, 1.54) is 11.1 Å². The zero-order valence-corrected chi connectivity index (χ0v) is 20.0. The number of nitrogens with one attached hydrogen (secondary N) is 1. The number of hydrogen-bond donors (Lipinski definition) is 1. The maximum Gasteiger partial charge on any atom is 0.227 e. The van der Waals surface area contributed by atoms with E-state index in [4.69, 9.17) is 19.2 Å². The van der Waals surface area contributed by atoms with Gasteiger partial charge in [0, 0.05) is 42.2 Å². The van der Waals surface area contributed by atoms with E-state index in [9.17, 15) is 0 Å². The highest BCUT2D eigenvalue weighted by molar-refractivity contribution is 5.75. The van der Waals surface area contributed by atoms with Crippen molar-refractivity contribution in [3.05, 3.63) is 65.4 Å². The van der Waals surface area contributed by atoms with Crippen LogP contribution in [0.15, 0.2) is 48.7 Å². The number of benzene rings is 2. The van der Waals surface area contributed by atoms with Crippen LogP contribution < -0.4 is 14.8 Å². The fourth-order valence-corrected chi connectivity index (χ4v) is 4.90. The molecule has 0 saturated carbocycles. The molecule has 3 aromatic rings. The maximum atomic E-state index is 6.22. The highest BCUT2D eigenvalue weighted by Gasteiger charge is 2.20. The summed E-state index contributed by atoms with van der Waals surface area (Å²) >= 11 is 0. The van der Waals surface area contributed by atoms with Gasteiger partial charge in [-0.2, -0.15) is 0 Å². The van der Waals surface area contributed by atoms with E-state index in [0.717, 1.165) is 71.9 Å². The largest absolute Gasteiger partial charge is 0.491 e. The summed E-state index contributed by atoms with van der Waals surface area (Å²) in [6.07, 6.45) is 7.16. The molecule has 0 fully saturated rings. The lowest BCUT2D eigenvalue weighted by atomic mass is 9.90. The normalized spacial score (nSPS) is 18.0. The predicted octanol–water partition coefficient (Wildman–Crippen LogP) is 4.49. The Labute approximate surface area is 205 Å². The zero-order valence-electron chi connectivity index (χ0n) is 20.0. The van der Waals surface area contributed by atoms with E-state index in [1.807, 2.05) is 18.3 Å². The van der Waals surface area contributed by atoms with Crippen LogP contribution in [0.25, 0.3) is 16.8 Å². The molecule has 3 heterocycles. The Morgan fingerprint density at radius 1 is 0.886 bits per heavy atom. The molecule has 1 N–H and O–H groups in total. The minimum atomic E-state index is 0.470. The minimum Gasteiger partial charge on any atom is -0.491 e. The molecule has 6 rings (SSSR count). The first-order valence-corrected chi connectivity index (χ1v) is 12.3. The van der Waals surface area contributed by atoms with Crippen LogP contribution in [0.3, 0.4) is 0 Å². The molecular formula is C28H30N4O3. The monoisotopic (exact) mass is 470 g/mol. The number of likely N-dealkylation sites (N-methyl/N-ethyl adjacent to an activating group) is 1. The van der Waals surface area contributed by atoms with Crippen LogP contribution in [0.5, 0.6) is 11.5 Å². The van der Waals surface area contributed by atoms with Gasteiger partial charge in [0.05, 0.1) is 18.9 Å². The van der Waals surface area contributed by atoms with Crippen molar-refractivity contribution < 1.29 is 14.2 Å². The Bertz CT molecular complexity index is 1270. The molecule has 0 amide bonds. The third kappa shape index (κ3) is 4.74. The molecule has 7 heteroatoms. The van der Waals surface area contributed by atoms with Gasteiger partial charge in [0.25, 0.3) is 0 Å². The number of rotatable bonds is 1. The van der Waals surface area contributed by atoms with E-state index in [-0.39, 0.29) is 0 Å². The van der Waals surface area contributed by atoms with Gasteiger partial charge in [-0.05, 0) is 67.3 Å². The number of anilines is 2. The van der Waals surface area contributed by atoms with Crippen molar-refractivity contribution in [2.24, 2.45) is 0 Å². The van der Waals surface area contributed by atoms with Gasteiger partial charge in [-0.15, -0.1) is 0 Å². The summed E-state index contributed by atoms with van der Waals surface area (Å²) in [7, 11) is 2.15. The van der Waals surface area contributed by atoms with Crippen molar-refractivity contribution in [2.45, 2.75) is 19.3 Å². The standard InChI is InChI=1S/C28H30N4O3/c1-32-10-8-20(9-11-32)24-7-5-22-16-26(24)35-15-13-33-12-14-34-23-6-4-19-2-3-21-18-29-28(30-22)31-27(21)25(19)17-23/h4-8,16-18H,2-3,9-15H2,1H3,(H,29,30,31). The first kappa shape index (κ1) is 22.1. The molecule has 0 unspecified atom stereocenters. The smallest absolute Gasteiger partial charge is 0.227 e. The Hall–Kier alpha value is -3.42. The molecule has 2 aromatic carbocycles. The summed E-state index contributed by atoms with van der Waals surface area (Å²) in [6, 6.07) is 12.5. The Morgan fingerprint density at radius 3 is 2.66 bits per heavy atom. The molecule has 3 aliphatic rings. The summed E-state index contributed by atoms with van der Waals surface area (Å²) < 4.78 is 18.0. The number of hydrogen-bond acceptors (Lipinski definition) is 7. The van der Waals surface area contributed by atoms with Crippen molar-refractivity contribution in [3.63, 3.8) is 0 Å². The highest BCUT2D eigenvalue weighted by Crippen LogP contribution is 2.36. The minimum absolute atomic E-state index is 0.470. The van der Waals surface area contributed by atoms with Gasteiger partial charge in [0.1, 0.15) is 24.7 Å². The average Bonchev–Trinajstić information content (AvgIpc) is 2.88. The van der Waals surface area contributed by atoms with E-state index in [1.54, 1.807) is 0 Å². The molecule has 2 aliphatic heterocycles. The van der Waals surface area contributed by atoms with Crippen molar-refractivity contribution >= 4 is 17.2 Å². The average molecular weight is 471 g/mol. The summed E-state index contributed by atoms with van der Waals surface area (Å²) in [5.74, 6) is 2.26. The third-order valence-corrected chi connectivity index (χ3v) is 6.84. The van der Waals surface area contributed by atoms with Crippen LogP contribution in [-0.4, -0.2) is 61.4 Å². The third-order valence-electron chi connectivity index (χ3n) is 6.84. The van der Waals surface area contributed by atoms with Crippen molar-refractivity contribution in [2.75, 3.05) is 51.9 Å². The lowest BCUT2D eigenvalue weighted by molar-refractivity contribution is 0.0764. The fourth-order valence-electron chi connectivity index (χ4n) is 4.90. The molecule has 0 radical (unpaired) electrons. The van der Waals surface area contributed by atoms with Crippen LogP contribution in [0.4, 0.5) is 11.6 Å². The van der Waals surface area contributed by atoms with Crippen LogP contribution in [0, 0.1) is 0 Å². The molecule has 6 bridgehead atoms. The maximum absolute atomic E-state index is 6.22. The van der Waals surface area contributed by atoms with Gasteiger partial charge >= 0.3 is 0 Å². The topological polar surface area (TPSA) is 68.7 Å². The number of nitrogens with zero attached hydrogens (tertiary/aromatic N) is 3. The molecule has 1 aliphatic carbocycles. The Balaban J connectivity index is 1.37. The number of aryl methyl sites for hydroxylation is 2. The molecule has 1 aromatic heterocycles. The Morgan fingerprint density at radius 2 is 1.77 bits per heavy atom. The molecule has 0 spiro atoms. The lowest BCUT2D eigenvalue weighted by Crippen LogP contribution is -2.23. The molecule has 35 heavy (non-hydrogen) atoms. The molecule has 0 saturated heterocycles. The fraction of sp³-hybridized carbons (Fsp3) is 0.357. The zero-order chi connectivity index (χ0) is 23.6. The molecular weight excluding hydrogens is 440 g/mol. The van der Waals surface area contributed by atoms with E-state index in [2.05, 4.69) is 52.6 Å². The van der Waals surface area contributed by atoms with E-state index in [0.29, 0.717) is 32.4 Å². The number of aromatic nitrogens is 2.